The maximum Gasteiger partial charge on any atom is 0.119 e. The summed E-state index contributed by atoms with van der Waals surface area (Å²) in [5, 5.41) is 0. The summed E-state index contributed by atoms with van der Waals surface area (Å²) in [6.07, 6.45) is -0.0355. The van der Waals surface area contributed by atoms with Gasteiger partial charge < -0.3 is 47.4 Å². The molecule has 6 rings (SSSR count). The van der Waals surface area contributed by atoms with E-state index in [0.29, 0.717) is 52.9 Å². The van der Waals surface area contributed by atoms with Gasteiger partial charge in [0.2, 0.25) is 0 Å². The van der Waals surface area contributed by atoms with Crippen LogP contribution in [0.4, 0.5) is 0 Å². The van der Waals surface area contributed by atoms with Crippen LogP contribution in [0.2, 0.25) is 0 Å². The molecule has 0 N–H and O–H groups in total. The molecule has 6 aromatic rings. The zero-order chi connectivity index (χ0) is 48.1. The van der Waals surface area contributed by atoms with E-state index in [1.54, 1.807) is 14.2 Å². The summed E-state index contributed by atoms with van der Waals surface area (Å²) >= 11 is 0. The van der Waals surface area contributed by atoms with E-state index in [0.717, 1.165) is 67.5 Å². The van der Waals surface area contributed by atoms with Gasteiger partial charge in [-0.05, 0) is 135 Å². The number of hydrogen-bond donors (Lipinski definition) is 0. The zero-order valence-electron chi connectivity index (χ0n) is 41.1. The van der Waals surface area contributed by atoms with E-state index in [-0.39, 0.29) is 36.6 Å². The molecule has 6 aromatic carbocycles. The van der Waals surface area contributed by atoms with Gasteiger partial charge in [-0.25, -0.2) is 0 Å². The van der Waals surface area contributed by atoms with Crippen molar-refractivity contribution in [3.05, 3.63) is 157 Å². The topological polar surface area (TPSA) is 92.3 Å². The predicted octanol–water partition coefficient (Wildman–Crippen LogP) is 12.3. The summed E-state index contributed by atoms with van der Waals surface area (Å²) in [7, 11) is 3.36. The van der Waals surface area contributed by atoms with Crippen LogP contribution in [0.5, 0.6) is 23.0 Å². The Balaban J connectivity index is 0.871. The highest BCUT2D eigenvalue weighted by Gasteiger charge is 2.12. The van der Waals surface area contributed by atoms with Gasteiger partial charge in [-0.15, -0.1) is 0 Å². The Morgan fingerprint density at radius 2 is 0.485 bits per heavy atom. The highest BCUT2D eigenvalue weighted by molar-refractivity contribution is 5.66. The number of ether oxygens (including phenoxy) is 10. The van der Waals surface area contributed by atoms with Crippen LogP contribution in [0.1, 0.15) is 52.7 Å². The Hall–Kier alpha value is -5.72. The largest absolute Gasteiger partial charge is 0.491 e. The lowest BCUT2D eigenvalue weighted by atomic mass is 10.0. The van der Waals surface area contributed by atoms with E-state index < -0.39 is 0 Å². The van der Waals surface area contributed by atoms with Crippen molar-refractivity contribution >= 4 is 0 Å². The van der Waals surface area contributed by atoms with E-state index in [9.17, 15) is 0 Å². The quantitative estimate of drug-likeness (QED) is 0.0453. The molecule has 0 heterocycles. The Bertz CT molecular complexity index is 2130. The lowest BCUT2D eigenvalue weighted by Gasteiger charge is -2.19. The van der Waals surface area contributed by atoms with Gasteiger partial charge in [-0.2, -0.15) is 0 Å². The highest BCUT2D eigenvalue weighted by atomic mass is 16.6. The Morgan fingerprint density at radius 1 is 0.265 bits per heavy atom. The number of methoxy groups -OCH3 is 2. The van der Waals surface area contributed by atoms with Gasteiger partial charge in [-0.3, -0.25) is 0 Å². The summed E-state index contributed by atoms with van der Waals surface area (Å²) < 4.78 is 58.0. The van der Waals surface area contributed by atoms with Crippen LogP contribution in [0, 0.1) is 0 Å². The van der Waals surface area contributed by atoms with Gasteiger partial charge in [0.05, 0.1) is 63.1 Å². The van der Waals surface area contributed by atoms with Crippen molar-refractivity contribution in [1.82, 2.24) is 0 Å². The van der Waals surface area contributed by atoms with Crippen molar-refractivity contribution in [3.63, 3.8) is 0 Å². The molecule has 0 aliphatic rings. The van der Waals surface area contributed by atoms with Crippen molar-refractivity contribution < 1.29 is 47.4 Å². The lowest BCUT2D eigenvalue weighted by Crippen LogP contribution is -2.26. The van der Waals surface area contributed by atoms with Crippen molar-refractivity contribution in [3.8, 4) is 56.4 Å². The van der Waals surface area contributed by atoms with Crippen molar-refractivity contribution in [2.75, 3.05) is 53.9 Å². The van der Waals surface area contributed by atoms with Crippen molar-refractivity contribution in [2.24, 2.45) is 0 Å². The molecule has 0 aromatic heterocycles. The number of rotatable bonds is 29. The second kappa shape index (κ2) is 27.3. The van der Waals surface area contributed by atoms with Crippen LogP contribution >= 0.6 is 0 Å². The monoisotopic (exact) mass is 926 g/mol. The average Bonchev–Trinajstić information content (AvgIpc) is 3.39. The van der Waals surface area contributed by atoms with Crippen molar-refractivity contribution in [2.45, 2.75) is 91.4 Å². The van der Waals surface area contributed by atoms with Gasteiger partial charge >= 0.3 is 0 Å². The van der Waals surface area contributed by atoms with Crippen LogP contribution in [0.3, 0.4) is 0 Å². The standard InChI is InChI=1S/C58H70O10/c1-41(59-7)33-61-43(3)35-63-45(5)37-65-55-25-17-51(18-26-55)53-21-29-57(30-22-53)67-39-47-9-13-49(14-10-47)50-15-11-48(12-16-50)40-68-58-31-23-54(24-32-58)52-19-27-56(28-20-52)66-38-46(6)64-36-44(4)62-34-42(2)60-8/h9-32,41-46H,33-40H2,1-8H3. The Labute approximate surface area is 404 Å². The van der Waals surface area contributed by atoms with Crippen LogP contribution < -0.4 is 18.9 Å². The zero-order valence-corrected chi connectivity index (χ0v) is 41.1. The minimum Gasteiger partial charge on any atom is -0.491 e. The summed E-state index contributed by atoms with van der Waals surface area (Å²) in [5.41, 5.74) is 8.91. The summed E-state index contributed by atoms with van der Waals surface area (Å²) in [6.45, 7) is 15.9. The third-order valence-electron chi connectivity index (χ3n) is 11.4. The average molecular weight is 927 g/mol. The van der Waals surface area contributed by atoms with Gasteiger partial charge in [0.15, 0.2) is 0 Å². The molecule has 10 nitrogen and oxygen atoms in total. The molecule has 0 aliphatic heterocycles. The molecule has 0 saturated heterocycles. The lowest BCUT2D eigenvalue weighted by molar-refractivity contribution is -0.0660. The fraction of sp³-hybridized carbons (Fsp3) is 0.379. The minimum atomic E-state index is -0.0633. The first kappa shape index (κ1) is 51.7. The van der Waals surface area contributed by atoms with E-state index in [1.165, 1.54) is 0 Å². The van der Waals surface area contributed by atoms with E-state index in [4.69, 9.17) is 47.4 Å². The molecule has 0 spiro atoms. The predicted molar refractivity (Wildman–Crippen MR) is 270 cm³/mol. The van der Waals surface area contributed by atoms with Gasteiger partial charge in [0, 0.05) is 14.2 Å². The fourth-order valence-corrected chi connectivity index (χ4v) is 6.85. The Kier molecular flexibility index (Phi) is 20.8. The smallest absolute Gasteiger partial charge is 0.119 e. The third-order valence-corrected chi connectivity index (χ3v) is 11.4. The third kappa shape index (κ3) is 17.4. The summed E-state index contributed by atoms with van der Waals surface area (Å²) in [4.78, 5) is 0. The molecule has 10 heteroatoms. The molecular formula is C58H70O10. The number of hydrogen-bond acceptors (Lipinski definition) is 10. The molecule has 0 bridgehead atoms. The van der Waals surface area contributed by atoms with Gasteiger partial charge in [0.1, 0.15) is 49.4 Å². The first-order valence-electron chi connectivity index (χ1n) is 23.7. The first-order chi connectivity index (χ1) is 33.0. The molecule has 0 radical (unpaired) electrons. The second-order valence-electron chi connectivity index (χ2n) is 17.4. The van der Waals surface area contributed by atoms with E-state index in [1.807, 2.05) is 90.1 Å². The summed E-state index contributed by atoms with van der Waals surface area (Å²) in [6, 6.07) is 49.6. The second-order valence-corrected chi connectivity index (χ2v) is 17.4. The van der Waals surface area contributed by atoms with Gasteiger partial charge in [-0.1, -0.05) is 97.1 Å². The van der Waals surface area contributed by atoms with Crippen LogP contribution in [-0.4, -0.2) is 90.5 Å². The summed E-state index contributed by atoms with van der Waals surface area (Å²) in [5.74, 6) is 3.24. The fourth-order valence-electron chi connectivity index (χ4n) is 6.85. The van der Waals surface area contributed by atoms with Crippen LogP contribution in [-0.2, 0) is 41.6 Å². The molecule has 0 saturated carbocycles. The van der Waals surface area contributed by atoms with E-state index in [2.05, 4.69) is 97.1 Å². The molecule has 0 aliphatic carbocycles. The first-order valence-corrected chi connectivity index (χ1v) is 23.7. The van der Waals surface area contributed by atoms with Crippen LogP contribution in [0.15, 0.2) is 146 Å². The number of benzene rings is 6. The normalized spacial score (nSPS) is 14.1. The minimum absolute atomic E-state index is 0.0153. The van der Waals surface area contributed by atoms with Crippen molar-refractivity contribution in [1.29, 1.82) is 0 Å². The highest BCUT2D eigenvalue weighted by Crippen LogP contribution is 2.28. The van der Waals surface area contributed by atoms with E-state index >= 15 is 0 Å². The molecule has 0 amide bonds. The van der Waals surface area contributed by atoms with Gasteiger partial charge in [0.25, 0.3) is 0 Å². The molecule has 68 heavy (non-hydrogen) atoms. The molecule has 0 fully saturated rings. The SMILES string of the molecule is COC(C)COC(C)COC(C)COc1ccc(-c2ccc(OCc3ccc(-c4ccc(COc5ccc(-c6ccc(OCC(C)OCC(C)OCC(C)OC)cc6)cc5)cc4)cc3)cc2)cc1. The maximum atomic E-state index is 6.14. The molecular weight excluding hydrogens is 857 g/mol. The molecule has 6 unspecified atom stereocenters. The molecule has 362 valence electrons. The molecule has 6 atom stereocenters. The van der Waals surface area contributed by atoms with Crippen LogP contribution in [0.25, 0.3) is 33.4 Å². The Morgan fingerprint density at radius 3 is 0.750 bits per heavy atom. The maximum absolute atomic E-state index is 6.14.